The molecule has 113 heavy (non-hydrogen) atoms. The summed E-state index contributed by atoms with van der Waals surface area (Å²) in [5.41, 5.74) is 7.59. The van der Waals surface area contributed by atoms with Gasteiger partial charge in [-0.2, -0.15) is 11.8 Å². The van der Waals surface area contributed by atoms with Gasteiger partial charge in [0.15, 0.2) is 21.4 Å². The van der Waals surface area contributed by atoms with Crippen molar-refractivity contribution in [3.63, 3.8) is 0 Å². The Morgan fingerprint density at radius 3 is 1.19 bits per heavy atom. The molecule has 4 fully saturated rings. The van der Waals surface area contributed by atoms with E-state index in [0.717, 1.165) is 166 Å². The number of hydrogen-bond donors (Lipinski definition) is 1. The summed E-state index contributed by atoms with van der Waals surface area (Å²) in [6.45, 7) is 13.4. The SMILES string of the molecule is BrBr.C.C.C.C.C.CCOCC.COc1cc(/C(Br)=C2\SC(=O)N(C)C2=O)c(Br)cc1C.COc1cc(/C(Br)=C2\SC(=O)N(C)C2=O)c(Br)cc1O.COc1cc(/C=C2\SC(=O)N(C)C2=O)c(Br)cc1C.COc1cc(C(Br)C2(Br)SC(=O)N(C)C2=O)c(Br)cc1C.COc1cc(C=O)c(Br)cc1C.CSC.FB(F)F.[2HH].[2H][B].[U]. The number of benzene rings is 5. The minimum atomic E-state index is -3.67. The zero-order valence-corrected chi connectivity index (χ0v) is 86.0. The molecule has 5 aromatic carbocycles. The van der Waals surface area contributed by atoms with Gasteiger partial charge < -0.3 is 33.5 Å². The molecule has 2 atom stereocenters. The fraction of sp³-hybridized carbons (Fsp3) is 0.366. The molecule has 0 saturated carbocycles. The number of likely N-dealkylation sites (N-methyl/N-ethyl adjacent to an activating group) is 3. The second-order valence-electron chi connectivity index (χ2n) is 20.6. The Kier molecular flexibility index (Phi) is 66.6. The van der Waals surface area contributed by atoms with Gasteiger partial charge in [-0.15, -0.1) is 0 Å². The maximum Gasteiger partial charge on any atom is 0.762 e. The standard InChI is InChI=1S/C13H12Br3NO3S.C13H11Br2NO3S.C13H12BrNO3S.C12H9Br2NO4S.C9H9BrO2.C4H10O.C2H6S.5CH4.BF3.BH.Br2.U.H2/c1-6-4-8(14)7(5-9(6)20-3)10(15)13(16)11(18)17(2)12(19)21-13;1-6-4-8(14)7(5-9(6)19-3)10(15)11-12(17)16(2)13(18)20-11;1-7-4-9(14)8(5-10(7)18-3)6-11-12(16)15(2)13(17)19-11;1-15-11(17)10(20-12(15)18)9(14)5-3-8(19-2)7(16)4-6(5)13;1-6-3-8(10)7(5-11)4-9(6)12-2;1-3-5-4-2;1-3-2;;;;;;2-1(3)4;;1-2;;/h4-5,10H,1-3H3;4-5H,1-3H3;4-6H,1-3H3;3-4,16H,1-2H3;3-5H,1-2H3;3-4H2,1-2H3;1-2H3;5*1H4;;1H;;;1H/b;11-10+;11-6-;10-9+;;;;;;;;;;;;;/i;;;;;;;;;;;;;1D;;;1+1. The maximum atomic E-state index is 12.3. The van der Waals surface area contributed by atoms with Gasteiger partial charge in [0.2, 0.25) is 0 Å². The number of halogens is 14. The summed E-state index contributed by atoms with van der Waals surface area (Å²) in [6, 6.07) is 17.9. The summed E-state index contributed by atoms with van der Waals surface area (Å²) < 4.78 is 68.9. The van der Waals surface area contributed by atoms with Crippen molar-refractivity contribution in [1.29, 1.82) is 1.34 Å². The van der Waals surface area contributed by atoms with Crippen LogP contribution in [0.25, 0.3) is 15.0 Å². The van der Waals surface area contributed by atoms with Crippen molar-refractivity contribution in [2.45, 2.75) is 87.2 Å². The number of aromatic hydroxyl groups is 1. The predicted octanol–water partition coefficient (Wildman–Crippen LogP) is 25.7. The zero-order valence-electron chi connectivity index (χ0n) is 61.3. The molecule has 0 aromatic heterocycles. The van der Waals surface area contributed by atoms with E-state index in [1.54, 1.807) is 58.4 Å². The zero-order chi connectivity index (χ0) is 83.7. The molecular weight excluding hydrogens is 2520 g/mol. The number of ether oxygens (including phenoxy) is 6. The minimum Gasteiger partial charge on any atom is -0.504 e. The molecule has 4 aliphatic rings. The van der Waals surface area contributed by atoms with E-state index in [9.17, 15) is 61.2 Å². The number of methoxy groups -OCH3 is 5. The van der Waals surface area contributed by atoms with Gasteiger partial charge in [-0.05, 0) is 250 Å². The van der Waals surface area contributed by atoms with Gasteiger partial charge in [0, 0.05) is 159 Å². The topological polar surface area (TPSA) is 242 Å². The Labute approximate surface area is 804 Å². The predicted molar refractivity (Wildman–Crippen MR) is 507 cm³/mol. The van der Waals surface area contributed by atoms with E-state index in [-0.39, 0.29) is 126 Å². The summed E-state index contributed by atoms with van der Waals surface area (Å²) >= 11 is 41.7. The summed E-state index contributed by atoms with van der Waals surface area (Å²) in [6.07, 6.45) is 6.58. The van der Waals surface area contributed by atoms with Gasteiger partial charge in [0.25, 0.3) is 44.6 Å². The van der Waals surface area contributed by atoms with E-state index in [0.29, 0.717) is 39.3 Å². The van der Waals surface area contributed by atoms with Gasteiger partial charge in [-0.1, -0.05) is 133 Å². The number of aldehydes is 1. The van der Waals surface area contributed by atoms with Crippen LogP contribution in [0.4, 0.5) is 32.1 Å². The van der Waals surface area contributed by atoms with Crippen LogP contribution in [-0.2, 0) is 23.9 Å². The normalized spacial score (nSPS) is 15.5. The average Bonchev–Trinajstić information content (AvgIpc) is 1.63. The maximum absolute atomic E-state index is 12.3. The molecule has 0 bridgehead atoms. The average molecular weight is 2620 g/mol. The van der Waals surface area contributed by atoms with Gasteiger partial charge in [-0.3, -0.25) is 75.7 Å². The van der Waals surface area contributed by atoms with Crippen molar-refractivity contribution >= 4 is 312 Å². The molecule has 0 spiro atoms. The number of phenols is 1. The fourth-order valence-corrected chi connectivity index (χ4v) is 18.7. The summed E-state index contributed by atoms with van der Waals surface area (Å²) in [5.74, 6) is 1.93. The molecular formula is C71H92B2Br11F3N4O16S5U. The van der Waals surface area contributed by atoms with Crippen LogP contribution >= 0.6 is 230 Å². The van der Waals surface area contributed by atoms with Crippen LogP contribution in [0, 0.1) is 58.8 Å². The molecule has 4 heterocycles. The van der Waals surface area contributed by atoms with Crippen LogP contribution in [0.15, 0.2) is 97.7 Å². The second kappa shape index (κ2) is 61.6. The smallest absolute Gasteiger partial charge is 0.504 e. The number of phenolic OH excluding ortho intramolecular Hbond substituents is 1. The quantitative estimate of drug-likeness (QED) is 0.0498. The molecule has 630 valence electrons. The number of aryl methyl sites for hydroxylation is 4. The number of alkyl halides is 2. The molecule has 0 aliphatic carbocycles. The first-order valence-corrected chi connectivity index (χ1v) is 45.3. The summed E-state index contributed by atoms with van der Waals surface area (Å²) in [7, 11) is 13.7. The van der Waals surface area contributed by atoms with E-state index >= 15 is 0 Å². The van der Waals surface area contributed by atoms with Crippen molar-refractivity contribution < 1.29 is 122 Å². The molecule has 4 aliphatic heterocycles. The number of amides is 8. The van der Waals surface area contributed by atoms with E-state index in [4.69, 9.17) is 29.8 Å². The molecule has 8 amide bonds. The van der Waals surface area contributed by atoms with Crippen molar-refractivity contribution in [3.05, 3.63) is 148 Å². The van der Waals surface area contributed by atoms with Crippen LogP contribution in [0.5, 0.6) is 34.5 Å². The third-order valence-electron chi connectivity index (χ3n) is 13.6. The molecule has 2 unspecified atom stereocenters. The Hall–Kier alpha value is -1.69. The molecule has 5 aromatic rings. The van der Waals surface area contributed by atoms with Gasteiger partial charge in [0.1, 0.15) is 23.0 Å². The van der Waals surface area contributed by atoms with Crippen molar-refractivity contribution in [2.75, 3.05) is 89.5 Å². The van der Waals surface area contributed by atoms with Gasteiger partial charge in [0.05, 0.1) is 55.1 Å². The van der Waals surface area contributed by atoms with Crippen LogP contribution in [0.3, 0.4) is 0 Å². The van der Waals surface area contributed by atoms with Crippen LogP contribution in [0.2, 0.25) is 0 Å². The first-order chi connectivity index (χ1) is 50.6. The summed E-state index contributed by atoms with van der Waals surface area (Å²) in [4.78, 5) is 110. The summed E-state index contributed by atoms with van der Waals surface area (Å²) in [5, 5.41) is 8.53. The number of hydrogen-bond acceptors (Lipinski definition) is 21. The third kappa shape index (κ3) is 36.1. The minimum absolute atomic E-state index is 0. The van der Waals surface area contributed by atoms with Crippen LogP contribution < -0.4 is 23.7 Å². The monoisotopic (exact) mass is 2600 g/mol. The largest absolute Gasteiger partial charge is 0.762 e. The second-order valence-corrected chi connectivity index (χ2v) is 34.1. The van der Waals surface area contributed by atoms with E-state index < -0.39 is 16.0 Å². The van der Waals surface area contributed by atoms with Crippen molar-refractivity contribution in [1.82, 2.24) is 19.6 Å². The van der Waals surface area contributed by atoms with E-state index in [1.165, 1.54) is 41.4 Å². The molecule has 42 heteroatoms. The van der Waals surface area contributed by atoms with Gasteiger partial charge >= 0.3 is 7.54 Å². The first kappa shape index (κ1) is 122. The number of nitrogens with zero attached hydrogens (tertiary/aromatic N) is 4. The Balaban J connectivity index is -0.000000196. The van der Waals surface area contributed by atoms with E-state index in [2.05, 4.69) is 180 Å². The van der Waals surface area contributed by atoms with Crippen molar-refractivity contribution in [3.8, 4) is 34.5 Å². The number of rotatable bonds is 13. The molecule has 2 radical (unpaired) electrons. The number of carbonyl (C=O) groups excluding carboxylic acids is 9. The van der Waals surface area contributed by atoms with E-state index in [1.807, 2.05) is 96.5 Å². The molecule has 20 nitrogen and oxygen atoms in total. The molecule has 1 N–H and O–H groups in total. The first-order valence-electron chi connectivity index (χ1n) is 30.0. The third-order valence-corrected chi connectivity index (χ3v) is 26.7. The molecule has 4 saturated heterocycles. The van der Waals surface area contributed by atoms with Crippen LogP contribution in [-0.4, -0.2) is 186 Å². The molecule has 9 rings (SSSR count). The van der Waals surface area contributed by atoms with Gasteiger partial charge in [-0.25, -0.2) is 0 Å². The number of carbonyl (C=O) groups is 9. The van der Waals surface area contributed by atoms with Crippen LogP contribution in [0.1, 0.15) is 112 Å². The Morgan fingerprint density at radius 2 is 0.876 bits per heavy atom. The van der Waals surface area contributed by atoms with Crippen molar-refractivity contribution in [2.24, 2.45) is 0 Å². The number of imide groups is 4. The Bertz CT molecular complexity index is 4060. The Morgan fingerprint density at radius 1 is 0.558 bits per heavy atom. The fourth-order valence-electron chi connectivity index (χ4n) is 8.17. The number of thioether (sulfide) groups is 5.